The average molecular weight is 169 g/mol. The van der Waals surface area contributed by atoms with Gasteiger partial charge in [-0.3, -0.25) is 0 Å². The Bertz CT molecular complexity index is 112. The van der Waals surface area contributed by atoms with E-state index in [1.807, 2.05) is 0 Å². The Morgan fingerprint density at radius 2 is 1.75 bits per heavy atom. The third-order valence-corrected chi connectivity index (χ3v) is 3.22. The van der Waals surface area contributed by atoms with Gasteiger partial charge < -0.3 is 5.32 Å². The third kappa shape index (κ3) is 3.14. The molecule has 1 heteroatoms. The topological polar surface area (TPSA) is 12.0 Å². The number of hydrogen-bond donors (Lipinski definition) is 1. The fourth-order valence-corrected chi connectivity index (χ4v) is 1.72. The molecule has 72 valence electrons. The van der Waals surface area contributed by atoms with E-state index in [9.17, 15) is 0 Å². The van der Waals surface area contributed by atoms with Gasteiger partial charge in [0, 0.05) is 6.04 Å². The Kier molecular flexibility index (Phi) is 4.07. The van der Waals surface area contributed by atoms with Gasteiger partial charge in [0.05, 0.1) is 0 Å². The van der Waals surface area contributed by atoms with Crippen LogP contribution in [0.5, 0.6) is 0 Å². The van der Waals surface area contributed by atoms with Gasteiger partial charge in [-0.2, -0.15) is 0 Å². The van der Waals surface area contributed by atoms with E-state index in [-0.39, 0.29) is 0 Å². The molecule has 1 aliphatic carbocycles. The van der Waals surface area contributed by atoms with Gasteiger partial charge in [-0.25, -0.2) is 0 Å². The molecule has 0 unspecified atom stereocenters. The highest BCUT2D eigenvalue weighted by molar-refractivity contribution is 4.74. The minimum atomic E-state index is 0.818. The largest absolute Gasteiger partial charge is 0.314 e. The molecule has 1 rings (SSSR count). The van der Waals surface area contributed by atoms with Gasteiger partial charge >= 0.3 is 0 Å². The Morgan fingerprint density at radius 3 is 2.25 bits per heavy atom. The Morgan fingerprint density at radius 1 is 1.17 bits per heavy atom. The minimum Gasteiger partial charge on any atom is -0.314 e. The van der Waals surface area contributed by atoms with Crippen LogP contribution in [0.4, 0.5) is 0 Å². The molecule has 0 aromatic heterocycles. The first-order chi connectivity index (χ1) is 5.70. The second-order valence-electron chi connectivity index (χ2n) is 4.61. The number of hydrogen-bond acceptors (Lipinski definition) is 1. The highest BCUT2D eigenvalue weighted by Crippen LogP contribution is 2.18. The van der Waals surface area contributed by atoms with Crippen LogP contribution in [0.2, 0.25) is 0 Å². The summed E-state index contributed by atoms with van der Waals surface area (Å²) in [7, 11) is 0. The predicted molar refractivity (Wildman–Crippen MR) is 54.3 cm³/mol. The summed E-state index contributed by atoms with van der Waals surface area (Å²) in [5.41, 5.74) is 0. The summed E-state index contributed by atoms with van der Waals surface area (Å²) >= 11 is 0. The molecule has 1 N–H and O–H groups in total. The molecule has 12 heavy (non-hydrogen) atoms. The molecule has 0 amide bonds. The first kappa shape index (κ1) is 10.0. The number of rotatable bonds is 4. The second kappa shape index (κ2) is 4.86. The van der Waals surface area contributed by atoms with Gasteiger partial charge in [-0.05, 0) is 31.2 Å². The highest BCUT2D eigenvalue weighted by Gasteiger charge is 2.15. The summed E-state index contributed by atoms with van der Waals surface area (Å²) in [5.74, 6) is 1.64. The van der Waals surface area contributed by atoms with Crippen LogP contribution >= 0.6 is 0 Å². The predicted octanol–water partition coefficient (Wildman–Crippen LogP) is 2.81. The van der Waals surface area contributed by atoms with Crippen molar-refractivity contribution in [3.63, 3.8) is 0 Å². The molecular formula is C11H23N. The maximum absolute atomic E-state index is 3.66. The Labute approximate surface area is 76.9 Å². The minimum absolute atomic E-state index is 0.818. The fourth-order valence-electron chi connectivity index (χ4n) is 1.72. The molecule has 0 aliphatic heterocycles. The Hall–Kier alpha value is -0.0400. The monoisotopic (exact) mass is 169 g/mol. The zero-order valence-corrected chi connectivity index (χ0v) is 8.77. The van der Waals surface area contributed by atoms with E-state index in [0.29, 0.717) is 0 Å². The molecular weight excluding hydrogens is 146 g/mol. The van der Waals surface area contributed by atoms with E-state index in [1.165, 1.54) is 32.2 Å². The summed E-state index contributed by atoms with van der Waals surface area (Å²) in [4.78, 5) is 0. The van der Waals surface area contributed by atoms with Crippen molar-refractivity contribution < 1.29 is 0 Å². The van der Waals surface area contributed by atoms with Crippen molar-refractivity contribution in [3.05, 3.63) is 0 Å². The second-order valence-corrected chi connectivity index (χ2v) is 4.61. The van der Waals surface area contributed by atoms with Crippen LogP contribution in [0.1, 0.15) is 46.5 Å². The first-order valence-corrected chi connectivity index (χ1v) is 5.43. The average Bonchev–Trinajstić information content (AvgIpc) is 2.51. The van der Waals surface area contributed by atoms with Gasteiger partial charge in [-0.1, -0.05) is 33.6 Å². The van der Waals surface area contributed by atoms with E-state index >= 15 is 0 Å². The Balaban J connectivity index is 2.07. The summed E-state index contributed by atoms with van der Waals surface area (Å²) in [5, 5.41) is 3.66. The first-order valence-electron chi connectivity index (χ1n) is 5.43. The van der Waals surface area contributed by atoms with E-state index in [0.717, 1.165) is 17.9 Å². The lowest BCUT2D eigenvalue weighted by atomic mass is 9.98. The standard InChI is InChI=1S/C11H23N/c1-9(2)10(3)8-12-11-6-4-5-7-11/h9-12H,4-8H2,1-3H3/t10-/m0/s1. The maximum atomic E-state index is 3.66. The van der Waals surface area contributed by atoms with E-state index in [4.69, 9.17) is 0 Å². The van der Waals surface area contributed by atoms with Crippen molar-refractivity contribution >= 4 is 0 Å². The van der Waals surface area contributed by atoms with E-state index in [1.54, 1.807) is 0 Å². The summed E-state index contributed by atoms with van der Waals surface area (Å²) in [6, 6.07) is 0.839. The molecule has 1 nitrogen and oxygen atoms in total. The van der Waals surface area contributed by atoms with Gasteiger partial charge in [0.1, 0.15) is 0 Å². The van der Waals surface area contributed by atoms with Crippen LogP contribution < -0.4 is 5.32 Å². The maximum Gasteiger partial charge on any atom is 0.00671 e. The van der Waals surface area contributed by atoms with Crippen LogP contribution in [-0.4, -0.2) is 12.6 Å². The molecule has 0 aromatic carbocycles. The summed E-state index contributed by atoms with van der Waals surface area (Å²) < 4.78 is 0. The quantitative estimate of drug-likeness (QED) is 0.682. The fraction of sp³-hybridized carbons (Fsp3) is 1.00. The van der Waals surface area contributed by atoms with Crippen molar-refractivity contribution in [3.8, 4) is 0 Å². The van der Waals surface area contributed by atoms with Crippen molar-refractivity contribution in [1.29, 1.82) is 0 Å². The van der Waals surface area contributed by atoms with Crippen LogP contribution in [-0.2, 0) is 0 Å². The normalized spacial score (nSPS) is 22.0. The third-order valence-electron chi connectivity index (χ3n) is 3.22. The molecule has 0 heterocycles. The smallest absolute Gasteiger partial charge is 0.00671 e. The van der Waals surface area contributed by atoms with Crippen molar-refractivity contribution in [2.75, 3.05) is 6.54 Å². The SMILES string of the molecule is CC(C)[C@@H](C)CNC1CCCC1. The molecule has 1 atom stereocenters. The van der Waals surface area contributed by atoms with Gasteiger partial charge in [0.25, 0.3) is 0 Å². The van der Waals surface area contributed by atoms with Crippen molar-refractivity contribution in [2.45, 2.75) is 52.5 Å². The van der Waals surface area contributed by atoms with Crippen LogP contribution in [0.15, 0.2) is 0 Å². The van der Waals surface area contributed by atoms with Crippen molar-refractivity contribution in [2.24, 2.45) is 11.8 Å². The zero-order valence-electron chi connectivity index (χ0n) is 8.77. The lowest BCUT2D eigenvalue weighted by Gasteiger charge is -2.19. The van der Waals surface area contributed by atoms with Gasteiger partial charge in [-0.15, -0.1) is 0 Å². The molecule has 1 fully saturated rings. The zero-order chi connectivity index (χ0) is 8.97. The molecule has 0 radical (unpaired) electrons. The van der Waals surface area contributed by atoms with Crippen molar-refractivity contribution in [1.82, 2.24) is 5.32 Å². The van der Waals surface area contributed by atoms with Crippen LogP contribution in [0.25, 0.3) is 0 Å². The van der Waals surface area contributed by atoms with Gasteiger partial charge in [0.2, 0.25) is 0 Å². The molecule has 0 saturated heterocycles. The summed E-state index contributed by atoms with van der Waals surface area (Å²) in [6.07, 6.45) is 5.69. The molecule has 1 aliphatic rings. The number of nitrogens with one attached hydrogen (secondary N) is 1. The molecule has 0 aromatic rings. The highest BCUT2D eigenvalue weighted by atomic mass is 14.9. The van der Waals surface area contributed by atoms with Crippen LogP contribution in [0.3, 0.4) is 0 Å². The van der Waals surface area contributed by atoms with Gasteiger partial charge in [0.15, 0.2) is 0 Å². The van der Waals surface area contributed by atoms with E-state index < -0.39 is 0 Å². The lowest BCUT2D eigenvalue weighted by molar-refractivity contribution is 0.368. The molecule has 0 bridgehead atoms. The molecule has 0 spiro atoms. The molecule has 1 saturated carbocycles. The van der Waals surface area contributed by atoms with Crippen LogP contribution in [0, 0.1) is 11.8 Å². The summed E-state index contributed by atoms with van der Waals surface area (Å²) in [6.45, 7) is 8.16. The lowest BCUT2D eigenvalue weighted by Crippen LogP contribution is -2.31. The van der Waals surface area contributed by atoms with E-state index in [2.05, 4.69) is 26.1 Å².